The molecule has 1 heterocycles. The largest absolute Gasteiger partial charge is 0.383 e. The maximum atomic E-state index is 5.85. The average molecular weight is 263 g/mol. The van der Waals surface area contributed by atoms with Gasteiger partial charge in [0.2, 0.25) is 0 Å². The number of nitrogen functional groups attached to an aromatic ring is 1. The number of rotatable bonds is 1. The first kappa shape index (κ1) is 10.2. The molecule has 0 saturated heterocycles. The standard InChI is InChI=1S/C12H11BrN2/c1-8-4-5-9(13)7-11(8)10-3-2-6-15-12(10)14/h2-7H,1H3,(H2,14,15). The number of halogens is 1. The van der Waals surface area contributed by atoms with Crippen molar-refractivity contribution in [2.24, 2.45) is 0 Å². The zero-order valence-electron chi connectivity index (χ0n) is 8.37. The second kappa shape index (κ2) is 4.03. The number of nitrogens with two attached hydrogens (primary N) is 1. The summed E-state index contributed by atoms with van der Waals surface area (Å²) in [7, 11) is 0. The van der Waals surface area contributed by atoms with Gasteiger partial charge in [-0.05, 0) is 42.3 Å². The summed E-state index contributed by atoms with van der Waals surface area (Å²) in [6.07, 6.45) is 1.70. The molecule has 0 amide bonds. The molecule has 3 heteroatoms. The molecule has 0 unspecified atom stereocenters. The average Bonchev–Trinajstić information content (AvgIpc) is 2.23. The van der Waals surface area contributed by atoms with Crippen molar-refractivity contribution < 1.29 is 0 Å². The Morgan fingerprint density at radius 1 is 1.20 bits per heavy atom. The summed E-state index contributed by atoms with van der Waals surface area (Å²) in [6.45, 7) is 2.06. The van der Waals surface area contributed by atoms with Crippen LogP contribution in [0.2, 0.25) is 0 Å². The lowest BCUT2D eigenvalue weighted by molar-refractivity contribution is 1.33. The molecular formula is C12H11BrN2. The van der Waals surface area contributed by atoms with Crippen molar-refractivity contribution in [2.45, 2.75) is 6.92 Å². The van der Waals surface area contributed by atoms with E-state index in [1.165, 1.54) is 5.56 Å². The zero-order valence-corrected chi connectivity index (χ0v) is 9.95. The van der Waals surface area contributed by atoms with E-state index in [-0.39, 0.29) is 0 Å². The molecule has 0 fully saturated rings. The first-order chi connectivity index (χ1) is 7.18. The maximum absolute atomic E-state index is 5.85. The zero-order chi connectivity index (χ0) is 10.8. The SMILES string of the molecule is Cc1ccc(Br)cc1-c1cccnc1N. The van der Waals surface area contributed by atoms with Crippen molar-refractivity contribution in [1.29, 1.82) is 0 Å². The van der Waals surface area contributed by atoms with Gasteiger partial charge in [0.25, 0.3) is 0 Å². The molecule has 0 aliphatic heterocycles. The molecule has 2 nitrogen and oxygen atoms in total. The fourth-order valence-corrected chi connectivity index (χ4v) is 1.89. The Bertz CT molecular complexity index is 495. The molecule has 0 bridgehead atoms. The van der Waals surface area contributed by atoms with E-state index in [9.17, 15) is 0 Å². The lowest BCUT2D eigenvalue weighted by Crippen LogP contribution is -1.94. The molecule has 0 aliphatic rings. The van der Waals surface area contributed by atoms with Gasteiger partial charge in [-0.3, -0.25) is 0 Å². The Hall–Kier alpha value is -1.35. The van der Waals surface area contributed by atoms with Crippen LogP contribution in [0.3, 0.4) is 0 Å². The van der Waals surface area contributed by atoms with Crippen molar-refractivity contribution in [3.05, 3.63) is 46.6 Å². The monoisotopic (exact) mass is 262 g/mol. The van der Waals surface area contributed by atoms with Gasteiger partial charge in [-0.1, -0.05) is 22.0 Å². The van der Waals surface area contributed by atoms with Crippen LogP contribution in [-0.2, 0) is 0 Å². The molecule has 15 heavy (non-hydrogen) atoms. The van der Waals surface area contributed by atoms with Crippen LogP contribution in [-0.4, -0.2) is 4.98 Å². The second-order valence-electron chi connectivity index (χ2n) is 3.40. The van der Waals surface area contributed by atoms with E-state index in [2.05, 4.69) is 40.0 Å². The Labute approximate surface area is 97.3 Å². The lowest BCUT2D eigenvalue weighted by atomic mass is 10.0. The van der Waals surface area contributed by atoms with E-state index in [1.807, 2.05) is 18.2 Å². The number of benzene rings is 1. The van der Waals surface area contributed by atoms with Gasteiger partial charge < -0.3 is 5.73 Å². The summed E-state index contributed by atoms with van der Waals surface area (Å²) in [5, 5.41) is 0. The number of pyridine rings is 1. The van der Waals surface area contributed by atoms with Gasteiger partial charge in [-0.25, -0.2) is 4.98 Å². The second-order valence-corrected chi connectivity index (χ2v) is 4.31. The fourth-order valence-electron chi connectivity index (χ4n) is 1.53. The summed E-state index contributed by atoms with van der Waals surface area (Å²) in [6, 6.07) is 10.0. The van der Waals surface area contributed by atoms with Crippen LogP contribution in [0.5, 0.6) is 0 Å². The third-order valence-electron chi connectivity index (χ3n) is 2.33. The molecule has 1 aromatic heterocycles. The van der Waals surface area contributed by atoms with E-state index in [1.54, 1.807) is 6.20 Å². The van der Waals surface area contributed by atoms with E-state index in [4.69, 9.17) is 5.73 Å². The highest BCUT2D eigenvalue weighted by Crippen LogP contribution is 2.29. The van der Waals surface area contributed by atoms with E-state index in [0.29, 0.717) is 5.82 Å². The summed E-state index contributed by atoms with van der Waals surface area (Å²) in [5.41, 5.74) is 9.14. The van der Waals surface area contributed by atoms with E-state index < -0.39 is 0 Å². The third-order valence-corrected chi connectivity index (χ3v) is 2.82. The molecule has 0 radical (unpaired) electrons. The van der Waals surface area contributed by atoms with Crippen LogP contribution in [0.25, 0.3) is 11.1 Å². The minimum absolute atomic E-state index is 0.568. The number of hydrogen-bond acceptors (Lipinski definition) is 2. The van der Waals surface area contributed by atoms with Crippen molar-refractivity contribution >= 4 is 21.7 Å². The molecular weight excluding hydrogens is 252 g/mol. The van der Waals surface area contributed by atoms with Crippen molar-refractivity contribution in [3.8, 4) is 11.1 Å². The Balaban J connectivity index is 2.64. The highest BCUT2D eigenvalue weighted by Gasteiger charge is 2.06. The van der Waals surface area contributed by atoms with Gasteiger partial charge in [0.05, 0.1) is 0 Å². The topological polar surface area (TPSA) is 38.9 Å². The van der Waals surface area contributed by atoms with Gasteiger partial charge in [-0.15, -0.1) is 0 Å². The summed E-state index contributed by atoms with van der Waals surface area (Å²) in [4.78, 5) is 4.09. The Morgan fingerprint density at radius 3 is 2.73 bits per heavy atom. The van der Waals surface area contributed by atoms with Crippen molar-refractivity contribution in [2.75, 3.05) is 5.73 Å². The molecule has 0 saturated carbocycles. The number of aromatic nitrogens is 1. The number of hydrogen-bond donors (Lipinski definition) is 1. The van der Waals surface area contributed by atoms with Crippen LogP contribution in [0, 0.1) is 6.92 Å². The Morgan fingerprint density at radius 2 is 2.00 bits per heavy atom. The van der Waals surface area contributed by atoms with Crippen molar-refractivity contribution in [1.82, 2.24) is 4.98 Å². The first-order valence-electron chi connectivity index (χ1n) is 4.65. The number of nitrogens with zero attached hydrogens (tertiary/aromatic N) is 1. The third kappa shape index (κ3) is 2.02. The molecule has 0 atom stereocenters. The molecule has 2 rings (SSSR count). The van der Waals surface area contributed by atoms with Gasteiger partial charge in [0.15, 0.2) is 0 Å². The van der Waals surface area contributed by atoms with E-state index >= 15 is 0 Å². The molecule has 2 aromatic rings. The van der Waals surface area contributed by atoms with Crippen LogP contribution < -0.4 is 5.73 Å². The fraction of sp³-hybridized carbons (Fsp3) is 0.0833. The predicted molar refractivity (Wildman–Crippen MR) is 66.5 cm³/mol. The molecule has 0 aliphatic carbocycles. The summed E-state index contributed by atoms with van der Waals surface area (Å²) < 4.78 is 1.05. The normalized spacial score (nSPS) is 10.3. The quantitative estimate of drug-likeness (QED) is 0.856. The van der Waals surface area contributed by atoms with Crippen molar-refractivity contribution in [3.63, 3.8) is 0 Å². The van der Waals surface area contributed by atoms with Crippen LogP contribution in [0.15, 0.2) is 41.0 Å². The number of aryl methyl sites for hydroxylation is 1. The Kier molecular flexibility index (Phi) is 2.73. The smallest absolute Gasteiger partial charge is 0.131 e. The highest BCUT2D eigenvalue weighted by atomic mass is 79.9. The predicted octanol–water partition coefficient (Wildman–Crippen LogP) is 3.40. The highest BCUT2D eigenvalue weighted by molar-refractivity contribution is 9.10. The lowest BCUT2D eigenvalue weighted by Gasteiger charge is -2.08. The van der Waals surface area contributed by atoms with Gasteiger partial charge in [0, 0.05) is 16.2 Å². The molecule has 2 N–H and O–H groups in total. The molecule has 76 valence electrons. The van der Waals surface area contributed by atoms with Gasteiger partial charge >= 0.3 is 0 Å². The van der Waals surface area contributed by atoms with Crippen LogP contribution >= 0.6 is 15.9 Å². The summed E-state index contributed by atoms with van der Waals surface area (Å²) in [5.74, 6) is 0.568. The maximum Gasteiger partial charge on any atom is 0.131 e. The van der Waals surface area contributed by atoms with Crippen LogP contribution in [0.4, 0.5) is 5.82 Å². The van der Waals surface area contributed by atoms with E-state index in [0.717, 1.165) is 15.6 Å². The van der Waals surface area contributed by atoms with Gasteiger partial charge in [-0.2, -0.15) is 0 Å². The summed E-state index contributed by atoms with van der Waals surface area (Å²) >= 11 is 3.46. The minimum atomic E-state index is 0.568. The molecule has 0 spiro atoms. The van der Waals surface area contributed by atoms with Crippen LogP contribution in [0.1, 0.15) is 5.56 Å². The first-order valence-corrected chi connectivity index (χ1v) is 5.45. The minimum Gasteiger partial charge on any atom is -0.383 e. The number of anilines is 1. The molecule has 1 aromatic carbocycles. The van der Waals surface area contributed by atoms with Gasteiger partial charge in [0.1, 0.15) is 5.82 Å².